The summed E-state index contributed by atoms with van der Waals surface area (Å²) in [5, 5.41) is 9.12. The molecule has 0 saturated heterocycles. The third-order valence-electron chi connectivity index (χ3n) is 3.24. The van der Waals surface area contributed by atoms with Gasteiger partial charge in [0.15, 0.2) is 0 Å². The molecule has 0 aromatic heterocycles. The SMILES string of the molecule is CC(C)(SCC1CCOc2ccccc21)C(=O)O. The molecule has 1 aliphatic heterocycles. The highest BCUT2D eigenvalue weighted by Gasteiger charge is 2.30. The van der Waals surface area contributed by atoms with E-state index in [1.807, 2.05) is 18.2 Å². The lowest BCUT2D eigenvalue weighted by Gasteiger charge is -2.28. The minimum Gasteiger partial charge on any atom is -0.493 e. The molecule has 0 spiro atoms. The van der Waals surface area contributed by atoms with E-state index in [1.165, 1.54) is 17.3 Å². The maximum atomic E-state index is 11.1. The van der Waals surface area contributed by atoms with Gasteiger partial charge in [-0.05, 0) is 37.8 Å². The first-order valence-electron chi connectivity index (χ1n) is 6.10. The Morgan fingerprint density at radius 3 is 2.94 bits per heavy atom. The highest BCUT2D eigenvalue weighted by atomic mass is 32.2. The van der Waals surface area contributed by atoms with Crippen LogP contribution in [0.2, 0.25) is 0 Å². The summed E-state index contributed by atoms with van der Waals surface area (Å²) >= 11 is 1.50. The summed E-state index contributed by atoms with van der Waals surface area (Å²) < 4.78 is 4.88. The molecule has 18 heavy (non-hydrogen) atoms. The van der Waals surface area contributed by atoms with E-state index >= 15 is 0 Å². The largest absolute Gasteiger partial charge is 0.493 e. The Balaban J connectivity index is 2.06. The molecule has 1 heterocycles. The van der Waals surface area contributed by atoms with Gasteiger partial charge in [-0.3, -0.25) is 4.79 Å². The van der Waals surface area contributed by atoms with Gasteiger partial charge in [0.1, 0.15) is 10.5 Å². The normalized spacial score (nSPS) is 18.9. The van der Waals surface area contributed by atoms with E-state index < -0.39 is 10.7 Å². The molecule has 4 heteroatoms. The van der Waals surface area contributed by atoms with Crippen molar-refractivity contribution in [2.24, 2.45) is 0 Å². The molecule has 2 rings (SSSR count). The summed E-state index contributed by atoms with van der Waals surface area (Å²) in [5.74, 6) is 1.40. The van der Waals surface area contributed by atoms with Crippen molar-refractivity contribution < 1.29 is 14.6 Å². The Morgan fingerprint density at radius 1 is 1.50 bits per heavy atom. The van der Waals surface area contributed by atoms with Crippen molar-refractivity contribution in [2.75, 3.05) is 12.4 Å². The van der Waals surface area contributed by atoms with Gasteiger partial charge in [0, 0.05) is 5.75 Å². The fourth-order valence-electron chi connectivity index (χ4n) is 1.96. The summed E-state index contributed by atoms with van der Waals surface area (Å²) in [5.41, 5.74) is 1.21. The smallest absolute Gasteiger partial charge is 0.319 e. The van der Waals surface area contributed by atoms with E-state index in [2.05, 4.69) is 6.07 Å². The number of thioether (sulfide) groups is 1. The second-order valence-electron chi connectivity index (χ2n) is 5.00. The van der Waals surface area contributed by atoms with Crippen molar-refractivity contribution in [3.63, 3.8) is 0 Å². The van der Waals surface area contributed by atoms with Crippen molar-refractivity contribution in [1.29, 1.82) is 0 Å². The molecule has 1 unspecified atom stereocenters. The van der Waals surface area contributed by atoms with Crippen LogP contribution in [0.25, 0.3) is 0 Å². The molecule has 98 valence electrons. The van der Waals surface area contributed by atoms with Crippen LogP contribution in [0.5, 0.6) is 5.75 Å². The Morgan fingerprint density at radius 2 is 2.22 bits per heavy atom. The summed E-state index contributed by atoms with van der Waals surface area (Å²) in [6.07, 6.45) is 0.958. The fraction of sp³-hybridized carbons (Fsp3) is 0.500. The van der Waals surface area contributed by atoms with Crippen LogP contribution in [0.3, 0.4) is 0 Å². The number of carbonyl (C=O) groups is 1. The quantitative estimate of drug-likeness (QED) is 0.909. The van der Waals surface area contributed by atoms with Crippen molar-refractivity contribution >= 4 is 17.7 Å². The standard InChI is InChI=1S/C14H18O3S/c1-14(2,13(15)16)18-9-10-7-8-17-12-6-4-3-5-11(10)12/h3-6,10H,7-9H2,1-2H3,(H,15,16). The number of ether oxygens (including phenoxy) is 1. The second-order valence-corrected chi connectivity index (χ2v) is 6.64. The molecule has 1 atom stereocenters. The molecule has 1 aromatic rings. The Hall–Kier alpha value is -1.16. The van der Waals surface area contributed by atoms with Crippen LogP contribution < -0.4 is 4.74 Å². The van der Waals surface area contributed by atoms with Gasteiger partial charge < -0.3 is 9.84 Å². The third kappa shape index (κ3) is 2.80. The predicted molar refractivity (Wildman–Crippen MR) is 73.5 cm³/mol. The zero-order valence-corrected chi connectivity index (χ0v) is 11.5. The zero-order valence-electron chi connectivity index (χ0n) is 10.7. The number of hydrogen-bond donors (Lipinski definition) is 1. The van der Waals surface area contributed by atoms with E-state index in [0.717, 1.165) is 24.5 Å². The molecule has 0 aliphatic carbocycles. The lowest BCUT2D eigenvalue weighted by Crippen LogP contribution is -2.29. The number of aliphatic carboxylic acids is 1. The number of rotatable bonds is 4. The molecule has 1 N–H and O–H groups in total. The van der Waals surface area contributed by atoms with E-state index in [1.54, 1.807) is 13.8 Å². The van der Waals surface area contributed by atoms with Crippen molar-refractivity contribution in [3.8, 4) is 5.75 Å². The second kappa shape index (κ2) is 5.22. The highest BCUT2D eigenvalue weighted by molar-refractivity contribution is 8.01. The summed E-state index contributed by atoms with van der Waals surface area (Å²) in [6, 6.07) is 8.03. The first-order valence-corrected chi connectivity index (χ1v) is 7.08. The van der Waals surface area contributed by atoms with Gasteiger partial charge in [-0.15, -0.1) is 11.8 Å². The van der Waals surface area contributed by atoms with Crippen molar-refractivity contribution in [1.82, 2.24) is 0 Å². The van der Waals surface area contributed by atoms with Gasteiger partial charge in [0.2, 0.25) is 0 Å². The molecular formula is C14H18O3S. The first kappa shape index (κ1) is 13.3. The van der Waals surface area contributed by atoms with E-state index in [9.17, 15) is 4.79 Å². The average molecular weight is 266 g/mol. The van der Waals surface area contributed by atoms with Crippen LogP contribution in [0.1, 0.15) is 31.7 Å². The fourth-order valence-corrected chi connectivity index (χ4v) is 3.05. The number of benzene rings is 1. The number of carboxylic acid groups (broad SMARTS) is 1. The molecule has 0 bridgehead atoms. The maximum Gasteiger partial charge on any atom is 0.319 e. The topological polar surface area (TPSA) is 46.5 Å². The molecule has 1 aromatic carbocycles. The summed E-state index contributed by atoms with van der Waals surface area (Å²) in [4.78, 5) is 11.1. The van der Waals surface area contributed by atoms with Crippen molar-refractivity contribution in [3.05, 3.63) is 29.8 Å². The molecular weight excluding hydrogens is 248 g/mol. The lowest BCUT2D eigenvalue weighted by atomic mass is 9.95. The van der Waals surface area contributed by atoms with Crippen LogP contribution in [0, 0.1) is 0 Å². The Bertz CT molecular complexity index is 442. The Labute approximate surface area is 112 Å². The van der Waals surface area contributed by atoms with Gasteiger partial charge >= 0.3 is 5.97 Å². The number of fused-ring (bicyclic) bond motifs is 1. The van der Waals surface area contributed by atoms with Gasteiger partial charge in [0.25, 0.3) is 0 Å². The third-order valence-corrected chi connectivity index (χ3v) is 4.71. The van der Waals surface area contributed by atoms with Gasteiger partial charge in [-0.25, -0.2) is 0 Å². The summed E-state index contributed by atoms with van der Waals surface area (Å²) in [7, 11) is 0. The molecule has 0 radical (unpaired) electrons. The molecule has 0 fully saturated rings. The van der Waals surface area contributed by atoms with Gasteiger partial charge in [-0.1, -0.05) is 18.2 Å². The van der Waals surface area contributed by atoms with Crippen LogP contribution in [-0.4, -0.2) is 28.2 Å². The van der Waals surface area contributed by atoms with Crippen LogP contribution in [-0.2, 0) is 4.79 Å². The number of para-hydroxylation sites is 1. The molecule has 0 saturated carbocycles. The maximum absolute atomic E-state index is 11.1. The van der Waals surface area contributed by atoms with Gasteiger partial charge in [-0.2, -0.15) is 0 Å². The lowest BCUT2D eigenvalue weighted by molar-refractivity contribution is -0.138. The molecule has 0 amide bonds. The minimum absolute atomic E-state index is 0.388. The zero-order chi connectivity index (χ0) is 13.2. The van der Waals surface area contributed by atoms with Gasteiger partial charge in [0.05, 0.1) is 6.61 Å². The predicted octanol–water partition coefficient (Wildman–Crippen LogP) is 3.15. The highest BCUT2D eigenvalue weighted by Crippen LogP contribution is 2.38. The minimum atomic E-state index is -0.757. The molecule has 3 nitrogen and oxygen atoms in total. The van der Waals surface area contributed by atoms with E-state index in [4.69, 9.17) is 9.84 Å². The number of hydrogen-bond acceptors (Lipinski definition) is 3. The van der Waals surface area contributed by atoms with Crippen molar-refractivity contribution in [2.45, 2.75) is 30.9 Å². The Kier molecular flexibility index (Phi) is 3.85. The molecule has 1 aliphatic rings. The van der Waals surface area contributed by atoms with E-state index in [-0.39, 0.29) is 0 Å². The average Bonchev–Trinajstić information content (AvgIpc) is 2.36. The first-order chi connectivity index (χ1) is 8.50. The van der Waals surface area contributed by atoms with E-state index in [0.29, 0.717) is 5.92 Å². The summed E-state index contributed by atoms with van der Waals surface area (Å²) in [6.45, 7) is 4.23. The van der Waals surface area contributed by atoms with Crippen LogP contribution >= 0.6 is 11.8 Å². The van der Waals surface area contributed by atoms with Crippen LogP contribution in [0.4, 0.5) is 0 Å². The number of carboxylic acids is 1. The van der Waals surface area contributed by atoms with Crippen LogP contribution in [0.15, 0.2) is 24.3 Å². The monoisotopic (exact) mass is 266 g/mol.